The van der Waals surface area contributed by atoms with Crippen LogP contribution in [-0.4, -0.2) is 0 Å². The second-order valence-electron chi connectivity index (χ2n) is 17.4. The van der Waals surface area contributed by atoms with E-state index in [1.54, 1.807) is 0 Å². The number of unbranched alkanes of at least 4 members (excludes halogenated alkanes) is 8. The van der Waals surface area contributed by atoms with Gasteiger partial charge in [0.1, 0.15) is 11.5 Å². The van der Waals surface area contributed by atoms with Crippen molar-refractivity contribution < 1.29 is 13.2 Å². The van der Waals surface area contributed by atoms with Gasteiger partial charge in [0.15, 0.2) is 0 Å². The van der Waals surface area contributed by atoms with E-state index in [1.165, 1.54) is 62.5 Å². The summed E-state index contributed by atoms with van der Waals surface area (Å²) in [6.07, 6.45) is 12.6. The molecule has 0 bridgehead atoms. The minimum Gasteiger partial charge on any atom is -0.414 e. The van der Waals surface area contributed by atoms with Crippen molar-refractivity contribution in [1.82, 2.24) is 0 Å². The summed E-state index contributed by atoms with van der Waals surface area (Å²) in [5.74, 6) is 1.45. The van der Waals surface area contributed by atoms with Gasteiger partial charge in [-0.05, 0) is 39.2 Å². The van der Waals surface area contributed by atoms with Crippen LogP contribution in [0.4, 0.5) is 4.20 Å². The van der Waals surface area contributed by atoms with Gasteiger partial charge in [-0.3, -0.25) is 0 Å². The fourth-order valence-electron chi connectivity index (χ4n) is 6.30. The van der Waals surface area contributed by atoms with Crippen LogP contribution >= 0.6 is 8.69 Å². The van der Waals surface area contributed by atoms with Gasteiger partial charge in [0.2, 0.25) is 0 Å². The lowest BCUT2D eigenvalue weighted by Crippen LogP contribution is -2.23. The van der Waals surface area contributed by atoms with Crippen molar-refractivity contribution in [2.24, 2.45) is 0 Å². The van der Waals surface area contributed by atoms with Gasteiger partial charge in [-0.2, -0.15) is 0 Å². The molecule has 44 heavy (non-hydrogen) atoms. The summed E-state index contributed by atoms with van der Waals surface area (Å²) in [6, 6.07) is 9.18. The Morgan fingerprint density at radius 1 is 0.545 bits per heavy atom. The average molecular weight is 627 g/mol. The Balaban J connectivity index is 2.22. The number of benzene rings is 2. The molecule has 0 radical (unpaired) electrons. The Morgan fingerprint density at radius 2 is 0.909 bits per heavy atom. The molecule has 0 amide bonds. The van der Waals surface area contributed by atoms with E-state index in [-0.39, 0.29) is 27.6 Å². The largest absolute Gasteiger partial charge is 0.505 e. The van der Waals surface area contributed by atoms with Crippen LogP contribution in [0.15, 0.2) is 24.3 Å². The summed E-state index contributed by atoms with van der Waals surface area (Å²) in [7, 11) is -2.66. The maximum absolute atomic E-state index is 16.0. The molecule has 1 heterocycles. The van der Waals surface area contributed by atoms with Crippen LogP contribution in [-0.2, 0) is 21.7 Å². The zero-order chi connectivity index (χ0) is 33.1. The van der Waals surface area contributed by atoms with Crippen molar-refractivity contribution >= 4 is 8.69 Å². The Kier molecular flexibility index (Phi) is 12.1. The van der Waals surface area contributed by atoms with Gasteiger partial charge in [0.05, 0.1) is 0 Å². The second-order valence-corrected chi connectivity index (χ2v) is 18.2. The molecule has 2 nitrogen and oxygen atoms in total. The molecule has 0 aliphatic carbocycles. The highest BCUT2D eigenvalue weighted by Crippen LogP contribution is 2.57. The van der Waals surface area contributed by atoms with Crippen LogP contribution in [0.2, 0.25) is 0 Å². The van der Waals surface area contributed by atoms with E-state index in [4.69, 9.17) is 9.05 Å². The van der Waals surface area contributed by atoms with Gasteiger partial charge in [0, 0.05) is 28.2 Å². The molecule has 3 rings (SSSR count). The molecule has 0 unspecified atom stereocenters. The predicted octanol–water partition coefficient (Wildman–Crippen LogP) is 13.9. The standard InChI is InChI=1S/C40H64FO2P/c1-14-15-16-17-18-19-20-21-22-23-30-31-24-28(37(2,3)4)26-33(39(8,9)10)35(31)42-44(41)43-36-32(30)25-29(38(5,6)7)27-34(36)40(11,12)13/h24-27,30H,14-23H2,1-13H3. The van der Waals surface area contributed by atoms with Crippen molar-refractivity contribution in [1.29, 1.82) is 0 Å². The molecule has 0 aromatic heterocycles. The summed E-state index contributed by atoms with van der Waals surface area (Å²) in [6.45, 7) is 29.1. The molecule has 2 aromatic carbocycles. The molecule has 0 atom stereocenters. The molecule has 0 saturated carbocycles. The van der Waals surface area contributed by atoms with Crippen molar-refractivity contribution in [2.75, 3.05) is 0 Å². The van der Waals surface area contributed by atoms with E-state index in [2.05, 4.69) is 114 Å². The van der Waals surface area contributed by atoms with Gasteiger partial charge >= 0.3 is 8.69 Å². The van der Waals surface area contributed by atoms with Crippen LogP contribution in [0.3, 0.4) is 0 Å². The molecule has 1 aliphatic rings. The van der Waals surface area contributed by atoms with Gasteiger partial charge in [-0.15, -0.1) is 4.20 Å². The third-order valence-corrected chi connectivity index (χ3v) is 9.91. The Labute approximate surface area is 272 Å². The van der Waals surface area contributed by atoms with Crippen molar-refractivity contribution in [2.45, 2.75) is 182 Å². The van der Waals surface area contributed by atoms with Gasteiger partial charge in [-0.1, -0.05) is 172 Å². The molecule has 0 fully saturated rings. The third kappa shape index (κ3) is 9.47. The van der Waals surface area contributed by atoms with Crippen LogP contribution in [0.25, 0.3) is 0 Å². The molecule has 248 valence electrons. The highest BCUT2D eigenvalue weighted by Gasteiger charge is 2.38. The lowest BCUT2D eigenvalue weighted by molar-refractivity contribution is 0.400. The minimum atomic E-state index is -2.66. The quantitative estimate of drug-likeness (QED) is 0.193. The summed E-state index contributed by atoms with van der Waals surface area (Å²) >= 11 is 0. The first-order valence-corrected chi connectivity index (χ1v) is 18.5. The predicted molar refractivity (Wildman–Crippen MR) is 191 cm³/mol. The van der Waals surface area contributed by atoms with E-state index >= 15 is 4.20 Å². The van der Waals surface area contributed by atoms with Gasteiger partial charge in [-0.25, -0.2) is 0 Å². The van der Waals surface area contributed by atoms with E-state index in [1.807, 2.05) is 0 Å². The van der Waals surface area contributed by atoms with Gasteiger partial charge < -0.3 is 9.05 Å². The molecule has 2 aromatic rings. The highest BCUT2D eigenvalue weighted by molar-refractivity contribution is 7.42. The fourth-order valence-corrected chi connectivity index (χ4v) is 7.04. The highest BCUT2D eigenvalue weighted by atomic mass is 31.2. The van der Waals surface area contributed by atoms with Crippen LogP contribution < -0.4 is 9.05 Å². The molecular formula is C40H64FO2P. The number of fused-ring (bicyclic) bond motifs is 2. The lowest BCUT2D eigenvalue weighted by Gasteiger charge is -2.36. The summed E-state index contributed by atoms with van der Waals surface area (Å²) in [5, 5.41) is 0. The topological polar surface area (TPSA) is 18.5 Å². The summed E-state index contributed by atoms with van der Waals surface area (Å²) in [4.78, 5) is 0. The molecule has 1 aliphatic heterocycles. The maximum atomic E-state index is 16.0. The van der Waals surface area contributed by atoms with E-state index < -0.39 is 8.69 Å². The first-order valence-electron chi connectivity index (χ1n) is 17.4. The zero-order valence-corrected chi connectivity index (χ0v) is 31.5. The lowest BCUT2D eigenvalue weighted by atomic mass is 9.73. The van der Waals surface area contributed by atoms with E-state index in [9.17, 15) is 0 Å². The average Bonchev–Trinajstić information content (AvgIpc) is 2.87. The maximum Gasteiger partial charge on any atom is 0.505 e. The van der Waals surface area contributed by atoms with Crippen molar-refractivity contribution in [3.8, 4) is 11.5 Å². The van der Waals surface area contributed by atoms with Crippen molar-refractivity contribution in [3.05, 3.63) is 57.6 Å². The number of hydrogen-bond donors (Lipinski definition) is 0. The molecule has 0 saturated heterocycles. The SMILES string of the molecule is CCCCCCCCCCCC1c2cc(C(C)(C)C)cc(C(C)(C)C)c2OP(F)Oc2c1cc(C(C)(C)C)cc2C(C)(C)C. The Bertz CT molecular complexity index is 1150. The molecule has 4 heteroatoms. The monoisotopic (exact) mass is 626 g/mol. The van der Waals surface area contributed by atoms with Crippen LogP contribution in [0, 0.1) is 0 Å². The molecule has 0 N–H and O–H groups in total. The zero-order valence-electron chi connectivity index (χ0n) is 30.6. The fraction of sp³-hybridized carbons (Fsp3) is 0.700. The van der Waals surface area contributed by atoms with Gasteiger partial charge in [0.25, 0.3) is 0 Å². The summed E-state index contributed by atoms with van der Waals surface area (Å²) < 4.78 is 28.6. The first kappa shape index (κ1) is 36.9. The molecular weight excluding hydrogens is 562 g/mol. The normalized spacial score (nSPS) is 17.7. The van der Waals surface area contributed by atoms with Crippen LogP contribution in [0.1, 0.15) is 194 Å². The summed E-state index contributed by atoms with van der Waals surface area (Å²) in [5.41, 5.74) is 6.41. The van der Waals surface area contributed by atoms with E-state index in [0.29, 0.717) is 11.5 Å². The number of hydrogen-bond acceptors (Lipinski definition) is 2. The Morgan fingerprint density at radius 3 is 1.25 bits per heavy atom. The Hall–Kier alpha value is -1.60. The number of halogens is 1. The second kappa shape index (κ2) is 14.4. The van der Waals surface area contributed by atoms with Crippen LogP contribution in [0.5, 0.6) is 11.5 Å². The minimum absolute atomic E-state index is 0.0523. The smallest absolute Gasteiger partial charge is 0.414 e. The van der Waals surface area contributed by atoms with E-state index in [0.717, 1.165) is 35.1 Å². The third-order valence-electron chi connectivity index (χ3n) is 9.26. The first-order chi connectivity index (χ1) is 20.2. The molecule has 0 spiro atoms. The number of rotatable bonds is 10. The van der Waals surface area contributed by atoms with Crippen molar-refractivity contribution in [3.63, 3.8) is 0 Å².